The molecule has 0 saturated carbocycles. The maximum Gasteiger partial charge on any atom is 0.225 e. The molecule has 1 saturated heterocycles. The lowest BCUT2D eigenvalue weighted by Crippen LogP contribution is -2.34. The van der Waals surface area contributed by atoms with Crippen LogP contribution in [-0.2, 0) is 16.0 Å². The van der Waals surface area contributed by atoms with Gasteiger partial charge in [0.05, 0.1) is 5.92 Å². The van der Waals surface area contributed by atoms with Crippen LogP contribution in [0.5, 0.6) is 0 Å². The van der Waals surface area contributed by atoms with Gasteiger partial charge in [0.15, 0.2) is 0 Å². The van der Waals surface area contributed by atoms with Crippen LogP contribution < -0.4 is 5.32 Å². The third-order valence-electron chi connectivity index (χ3n) is 5.05. The molecule has 0 bridgehead atoms. The lowest BCUT2D eigenvalue weighted by molar-refractivity contribution is -0.129. The second kappa shape index (κ2) is 8.34. The third kappa shape index (κ3) is 4.23. The van der Waals surface area contributed by atoms with Crippen LogP contribution in [0, 0.1) is 11.7 Å². The van der Waals surface area contributed by atoms with Crippen molar-refractivity contribution in [2.24, 2.45) is 5.92 Å². The van der Waals surface area contributed by atoms with Crippen molar-refractivity contribution < 1.29 is 14.0 Å². The average Bonchev–Trinajstić information content (AvgIpc) is 3.20. The Kier molecular flexibility index (Phi) is 5.91. The van der Waals surface area contributed by atoms with Gasteiger partial charge in [-0.3, -0.25) is 9.59 Å². The first-order valence-corrected chi connectivity index (χ1v) is 9.39. The topological polar surface area (TPSA) is 65.2 Å². The Bertz CT molecular complexity index is 786. The van der Waals surface area contributed by atoms with E-state index in [-0.39, 0.29) is 30.0 Å². The predicted molar refractivity (Wildman–Crippen MR) is 99.2 cm³/mol. The first-order valence-electron chi connectivity index (χ1n) is 9.39. The molecule has 140 valence electrons. The van der Waals surface area contributed by atoms with E-state index >= 15 is 0 Å². The summed E-state index contributed by atoms with van der Waals surface area (Å²) in [7, 11) is 0. The van der Waals surface area contributed by atoms with Crippen LogP contribution in [0.2, 0.25) is 0 Å². The van der Waals surface area contributed by atoms with Crippen molar-refractivity contribution in [1.82, 2.24) is 15.2 Å². The minimum atomic E-state index is -0.268. The van der Waals surface area contributed by atoms with Gasteiger partial charge in [0.1, 0.15) is 5.82 Å². The minimum absolute atomic E-state index is 0.0183. The van der Waals surface area contributed by atoms with E-state index in [0.29, 0.717) is 26.1 Å². The van der Waals surface area contributed by atoms with Gasteiger partial charge >= 0.3 is 0 Å². The molecule has 1 atom stereocenters. The summed E-state index contributed by atoms with van der Waals surface area (Å²) in [6.07, 6.45) is 5.97. The molecule has 0 unspecified atom stereocenters. The van der Waals surface area contributed by atoms with Crippen molar-refractivity contribution in [2.75, 3.05) is 19.6 Å². The molecule has 1 aliphatic heterocycles. The summed E-state index contributed by atoms with van der Waals surface area (Å²) < 4.78 is 13.5. The maximum atomic E-state index is 13.5. The summed E-state index contributed by atoms with van der Waals surface area (Å²) in [5.74, 6) is -0.532. The van der Waals surface area contributed by atoms with E-state index in [2.05, 4.69) is 17.2 Å². The van der Waals surface area contributed by atoms with E-state index in [0.717, 1.165) is 35.7 Å². The Morgan fingerprint density at radius 3 is 3.04 bits per heavy atom. The van der Waals surface area contributed by atoms with Gasteiger partial charge in [-0.15, -0.1) is 0 Å². The SMILES string of the molecule is CCCCCNC(=O)[C@H]1CC(=O)N(CCc2c[nH]c3ccc(F)cc23)C1. The van der Waals surface area contributed by atoms with Crippen LogP contribution in [-0.4, -0.2) is 41.3 Å². The monoisotopic (exact) mass is 359 g/mol. The zero-order chi connectivity index (χ0) is 18.5. The largest absolute Gasteiger partial charge is 0.361 e. The van der Waals surface area contributed by atoms with Gasteiger partial charge < -0.3 is 15.2 Å². The first kappa shape index (κ1) is 18.4. The molecular weight excluding hydrogens is 333 g/mol. The summed E-state index contributed by atoms with van der Waals surface area (Å²) in [6, 6.07) is 4.66. The van der Waals surface area contributed by atoms with Crippen LogP contribution >= 0.6 is 0 Å². The molecule has 3 rings (SSSR count). The van der Waals surface area contributed by atoms with Crippen molar-refractivity contribution in [3.63, 3.8) is 0 Å². The van der Waals surface area contributed by atoms with Crippen molar-refractivity contribution in [3.8, 4) is 0 Å². The van der Waals surface area contributed by atoms with Crippen molar-refractivity contribution in [3.05, 3.63) is 35.8 Å². The Hall–Kier alpha value is -2.37. The quantitative estimate of drug-likeness (QED) is 0.712. The number of nitrogens with zero attached hydrogens (tertiary/aromatic N) is 1. The van der Waals surface area contributed by atoms with Gasteiger partial charge in [-0.1, -0.05) is 19.8 Å². The fourth-order valence-corrected chi connectivity index (χ4v) is 3.51. The highest BCUT2D eigenvalue weighted by Crippen LogP contribution is 2.22. The molecule has 2 N–H and O–H groups in total. The van der Waals surface area contributed by atoms with Crippen molar-refractivity contribution >= 4 is 22.7 Å². The number of halogens is 1. The van der Waals surface area contributed by atoms with Gasteiger partial charge in [0, 0.05) is 43.2 Å². The normalized spacial score (nSPS) is 17.2. The number of hydrogen-bond acceptors (Lipinski definition) is 2. The van der Waals surface area contributed by atoms with Gasteiger partial charge in [-0.2, -0.15) is 0 Å². The van der Waals surface area contributed by atoms with E-state index in [1.54, 1.807) is 11.0 Å². The molecule has 0 aliphatic carbocycles. The summed E-state index contributed by atoms with van der Waals surface area (Å²) in [5.41, 5.74) is 1.87. The highest BCUT2D eigenvalue weighted by molar-refractivity contribution is 5.89. The molecule has 1 aliphatic rings. The Morgan fingerprint density at radius 2 is 2.23 bits per heavy atom. The van der Waals surface area contributed by atoms with E-state index in [4.69, 9.17) is 0 Å². The molecule has 1 aromatic heterocycles. The van der Waals surface area contributed by atoms with E-state index < -0.39 is 0 Å². The zero-order valence-corrected chi connectivity index (χ0v) is 15.2. The number of aromatic amines is 1. The Labute approximate surface area is 152 Å². The number of hydrogen-bond donors (Lipinski definition) is 2. The number of unbranched alkanes of at least 4 members (excludes halogenated alkanes) is 2. The molecule has 5 nitrogen and oxygen atoms in total. The van der Waals surface area contributed by atoms with Gasteiger partial charge in [0.25, 0.3) is 0 Å². The number of nitrogens with one attached hydrogen (secondary N) is 2. The molecule has 6 heteroatoms. The summed E-state index contributed by atoms with van der Waals surface area (Å²) >= 11 is 0. The molecule has 26 heavy (non-hydrogen) atoms. The summed E-state index contributed by atoms with van der Waals surface area (Å²) in [5, 5.41) is 3.79. The minimum Gasteiger partial charge on any atom is -0.361 e. The van der Waals surface area contributed by atoms with Gasteiger partial charge in [-0.05, 0) is 36.6 Å². The van der Waals surface area contributed by atoms with Gasteiger partial charge in [-0.25, -0.2) is 4.39 Å². The number of likely N-dealkylation sites (tertiary alicyclic amines) is 1. The summed E-state index contributed by atoms with van der Waals surface area (Å²) in [4.78, 5) is 29.3. The molecule has 2 aromatic rings. The summed E-state index contributed by atoms with van der Waals surface area (Å²) in [6.45, 7) is 3.81. The lowest BCUT2D eigenvalue weighted by Gasteiger charge is -2.16. The van der Waals surface area contributed by atoms with Crippen LogP contribution in [0.25, 0.3) is 10.9 Å². The molecule has 0 spiro atoms. The van der Waals surface area contributed by atoms with Crippen LogP contribution in [0.3, 0.4) is 0 Å². The molecule has 1 aromatic carbocycles. The van der Waals surface area contributed by atoms with E-state index in [1.807, 2.05) is 6.20 Å². The standard InChI is InChI=1S/C20H26FN3O2/c1-2-3-4-8-22-20(26)15-10-19(25)24(13-15)9-7-14-12-23-18-6-5-16(21)11-17(14)18/h5-6,11-12,15,23H,2-4,7-10,13H2,1H3,(H,22,26)/t15-/m0/s1. The van der Waals surface area contributed by atoms with Crippen LogP contribution in [0.15, 0.2) is 24.4 Å². The maximum absolute atomic E-state index is 13.5. The molecule has 1 fully saturated rings. The predicted octanol–water partition coefficient (Wildman–Crippen LogP) is 3.00. The molecular formula is C20H26FN3O2. The number of carbonyl (C=O) groups excluding carboxylic acids is 2. The molecule has 0 radical (unpaired) electrons. The van der Waals surface area contributed by atoms with E-state index in [1.165, 1.54) is 12.1 Å². The van der Waals surface area contributed by atoms with E-state index in [9.17, 15) is 14.0 Å². The second-order valence-electron chi connectivity index (χ2n) is 6.99. The molecule has 2 amide bonds. The van der Waals surface area contributed by atoms with Crippen LogP contribution in [0.4, 0.5) is 4.39 Å². The number of H-pyrrole nitrogens is 1. The van der Waals surface area contributed by atoms with Crippen molar-refractivity contribution in [2.45, 2.75) is 39.0 Å². The number of fused-ring (bicyclic) bond motifs is 1. The second-order valence-corrected chi connectivity index (χ2v) is 6.99. The highest BCUT2D eigenvalue weighted by Gasteiger charge is 2.33. The number of benzene rings is 1. The average molecular weight is 359 g/mol. The first-order chi connectivity index (χ1) is 12.6. The Balaban J connectivity index is 1.53. The van der Waals surface area contributed by atoms with Crippen LogP contribution in [0.1, 0.15) is 38.2 Å². The number of aromatic nitrogens is 1. The lowest BCUT2D eigenvalue weighted by atomic mass is 10.1. The Morgan fingerprint density at radius 1 is 1.38 bits per heavy atom. The fraction of sp³-hybridized carbons (Fsp3) is 0.500. The molecule has 2 heterocycles. The third-order valence-corrected chi connectivity index (χ3v) is 5.05. The van der Waals surface area contributed by atoms with Crippen molar-refractivity contribution in [1.29, 1.82) is 0 Å². The number of amides is 2. The number of carbonyl (C=O) groups is 2. The highest BCUT2D eigenvalue weighted by atomic mass is 19.1. The zero-order valence-electron chi connectivity index (χ0n) is 15.2. The smallest absolute Gasteiger partial charge is 0.225 e. The van der Waals surface area contributed by atoms with Gasteiger partial charge in [0.2, 0.25) is 11.8 Å². The fourth-order valence-electron chi connectivity index (χ4n) is 3.51. The number of rotatable bonds is 8.